The minimum absolute atomic E-state index is 0.0518. The molecule has 1 aliphatic rings. The molecule has 0 aliphatic carbocycles. The summed E-state index contributed by atoms with van der Waals surface area (Å²) in [6.45, 7) is 12.0. The summed E-state index contributed by atoms with van der Waals surface area (Å²) in [5.41, 5.74) is 0. The van der Waals surface area contributed by atoms with Gasteiger partial charge in [0, 0.05) is 6.54 Å². The summed E-state index contributed by atoms with van der Waals surface area (Å²) in [7, 11) is 0. The Labute approximate surface area is 131 Å². The lowest BCUT2D eigenvalue weighted by Gasteiger charge is -2.23. The summed E-state index contributed by atoms with van der Waals surface area (Å²) in [6.07, 6.45) is 8.60. The summed E-state index contributed by atoms with van der Waals surface area (Å²) in [5.74, 6) is 1.72. The first-order valence-electron chi connectivity index (χ1n) is 9.02. The highest BCUT2D eigenvalue weighted by molar-refractivity contribution is 5.84. The molecule has 1 heterocycles. The first-order valence-corrected chi connectivity index (χ1v) is 9.02. The van der Waals surface area contributed by atoms with Crippen LogP contribution >= 0.6 is 0 Å². The van der Waals surface area contributed by atoms with Gasteiger partial charge in [-0.25, -0.2) is 0 Å². The lowest BCUT2D eigenvalue weighted by Crippen LogP contribution is -2.37. The molecule has 2 atom stereocenters. The molecule has 0 aromatic carbocycles. The predicted octanol–water partition coefficient (Wildman–Crippen LogP) is 4.18. The number of nitrogens with zero attached hydrogens (tertiary/aromatic N) is 1. The minimum atomic E-state index is 0.0518. The normalized spacial score (nSPS) is 22.8. The molecular formula is C18H36N2O. The van der Waals surface area contributed by atoms with Crippen molar-refractivity contribution in [3.63, 3.8) is 0 Å². The summed E-state index contributed by atoms with van der Waals surface area (Å²) >= 11 is 0. The average molecular weight is 296 g/mol. The maximum absolute atomic E-state index is 12.5. The van der Waals surface area contributed by atoms with Crippen LogP contribution < -0.4 is 5.32 Å². The fourth-order valence-corrected chi connectivity index (χ4v) is 3.18. The number of hydrogen-bond donors (Lipinski definition) is 1. The Balaban J connectivity index is 2.30. The van der Waals surface area contributed by atoms with E-state index in [1.165, 1.54) is 25.7 Å². The topological polar surface area (TPSA) is 32.3 Å². The van der Waals surface area contributed by atoms with Crippen LogP contribution in [0, 0.1) is 11.8 Å². The molecule has 0 saturated carbocycles. The number of carbonyl (C=O) groups excluding carboxylic acids is 1. The lowest BCUT2D eigenvalue weighted by molar-refractivity contribution is -0.130. The third kappa shape index (κ3) is 6.37. The van der Waals surface area contributed by atoms with Crippen molar-refractivity contribution in [3.05, 3.63) is 0 Å². The van der Waals surface area contributed by atoms with E-state index in [0.717, 1.165) is 31.7 Å². The van der Waals surface area contributed by atoms with E-state index in [2.05, 4.69) is 44.8 Å². The predicted molar refractivity (Wildman–Crippen MR) is 90.1 cm³/mol. The standard InChI is InChI=1S/C18H36N2O/c1-6-17-19-16(13-15(4)5)18(21)20(17)12-10-8-7-9-11-14(2)3/h14-17,19H,6-13H2,1-5H3. The van der Waals surface area contributed by atoms with Crippen molar-refractivity contribution in [1.82, 2.24) is 10.2 Å². The van der Waals surface area contributed by atoms with E-state index in [-0.39, 0.29) is 12.2 Å². The van der Waals surface area contributed by atoms with Crippen molar-refractivity contribution in [2.45, 2.75) is 91.8 Å². The van der Waals surface area contributed by atoms with Crippen molar-refractivity contribution in [2.24, 2.45) is 11.8 Å². The number of nitrogens with one attached hydrogen (secondary N) is 1. The van der Waals surface area contributed by atoms with Crippen LogP contribution in [0.15, 0.2) is 0 Å². The van der Waals surface area contributed by atoms with E-state index in [0.29, 0.717) is 11.8 Å². The fourth-order valence-electron chi connectivity index (χ4n) is 3.18. The number of rotatable bonds is 10. The molecule has 0 radical (unpaired) electrons. The zero-order valence-corrected chi connectivity index (χ0v) is 14.8. The van der Waals surface area contributed by atoms with Gasteiger partial charge >= 0.3 is 0 Å². The Bertz CT molecular complexity index is 302. The molecule has 3 heteroatoms. The molecule has 1 saturated heterocycles. The van der Waals surface area contributed by atoms with Gasteiger partial charge in [0.1, 0.15) is 0 Å². The fraction of sp³-hybridized carbons (Fsp3) is 0.944. The zero-order chi connectivity index (χ0) is 15.8. The summed E-state index contributed by atoms with van der Waals surface area (Å²) in [4.78, 5) is 14.6. The number of unbranched alkanes of at least 4 members (excludes halogenated alkanes) is 3. The van der Waals surface area contributed by atoms with Gasteiger partial charge < -0.3 is 4.90 Å². The van der Waals surface area contributed by atoms with Crippen molar-refractivity contribution >= 4 is 5.91 Å². The van der Waals surface area contributed by atoms with Crippen LogP contribution in [0.4, 0.5) is 0 Å². The molecule has 1 amide bonds. The van der Waals surface area contributed by atoms with Crippen LogP contribution in [-0.2, 0) is 4.79 Å². The van der Waals surface area contributed by atoms with Crippen LogP contribution in [0.2, 0.25) is 0 Å². The molecule has 21 heavy (non-hydrogen) atoms. The zero-order valence-electron chi connectivity index (χ0n) is 14.8. The van der Waals surface area contributed by atoms with Gasteiger partial charge in [0.15, 0.2) is 0 Å². The number of carbonyl (C=O) groups is 1. The Morgan fingerprint density at radius 3 is 2.29 bits per heavy atom. The van der Waals surface area contributed by atoms with Crippen LogP contribution in [0.1, 0.15) is 79.6 Å². The Morgan fingerprint density at radius 2 is 1.71 bits per heavy atom. The molecule has 1 rings (SSSR count). The quantitative estimate of drug-likeness (QED) is 0.613. The monoisotopic (exact) mass is 296 g/mol. The van der Waals surface area contributed by atoms with Gasteiger partial charge in [0.2, 0.25) is 5.91 Å². The van der Waals surface area contributed by atoms with Gasteiger partial charge in [-0.2, -0.15) is 0 Å². The molecule has 0 aromatic rings. The van der Waals surface area contributed by atoms with Gasteiger partial charge in [-0.3, -0.25) is 10.1 Å². The van der Waals surface area contributed by atoms with Crippen molar-refractivity contribution < 1.29 is 4.79 Å². The van der Waals surface area contributed by atoms with E-state index < -0.39 is 0 Å². The first-order chi connectivity index (χ1) is 9.95. The summed E-state index contributed by atoms with van der Waals surface area (Å²) in [5, 5.41) is 3.52. The van der Waals surface area contributed by atoms with Crippen LogP contribution in [0.3, 0.4) is 0 Å². The van der Waals surface area contributed by atoms with Gasteiger partial charge in [0.25, 0.3) is 0 Å². The van der Waals surface area contributed by atoms with E-state index in [4.69, 9.17) is 0 Å². The highest BCUT2D eigenvalue weighted by Gasteiger charge is 2.37. The highest BCUT2D eigenvalue weighted by atomic mass is 16.2. The van der Waals surface area contributed by atoms with Crippen LogP contribution in [-0.4, -0.2) is 29.6 Å². The second-order valence-electron chi connectivity index (χ2n) is 7.40. The minimum Gasteiger partial charge on any atom is -0.326 e. The smallest absolute Gasteiger partial charge is 0.241 e. The van der Waals surface area contributed by atoms with Crippen LogP contribution in [0.25, 0.3) is 0 Å². The van der Waals surface area contributed by atoms with Gasteiger partial charge in [-0.15, -0.1) is 0 Å². The van der Waals surface area contributed by atoms with E-state index in [1.54, 1.807) is 0 Å². The Morgan fingerprint density at radius 1 is 1.05 bits per heavy atom. The van der Waals surface area contributed by atoms with Crippen LogP contribution in [0.5, 0.6) is 0 Å². The molecule has 1 fully saturated rings. The molecule has 124 valence electrons. The van der Waals surface area contributed by atoms with E-state index in [9.17, 15) is 4.79 Å². The first kappa shape index (κ1) is 18.5. The van der Waals surface area contributed by atoms with Crippen molar-refractivity contribution in [1.29, 1.82) is 0 Å². The second kappa shape index (κ2) is 9.45. The maximum Gasteiger partial charge on any atom is 0.241 e. The molecule has 1 N–H and O–H groups in total. The highest BCUT2D eigenvalue weighted by Crippen LogP contribution is 2.20. The molecule has 0 bridgehead atoms. The molecule has 2 unspecified atom stereocenters. The molecular weight excluding hydrogens is 260 g/mol. The summed E-state index contributed by atoms with van der Waals surface area (Å²) in [6, 6.07) is 0.0518. The Kier molecular flexibility index (Phi) is 8.31. The van der Waals surface area contributed by atoms with Gasteiger partial charge in [0.05, 0.1) is 12.2 Å². The average Bonchev–Trinajstić information content (AvgIpc) is 2.69. The largest absolute Gasteiger partial charge is 0.326 e. The van der Waals surface area contributed by atoms with Gasteiger partial charge in [-0.05, 0) is 31.1 Å². The molecule has 0 aromatic heterocycles. The maximum atomic E-state index is 12.5. The molecule has 3 nitrogen and oxygen atoms in total. The third-order valence-corrected chi connectivity index (χ3v) is 4.38. The third-order valence-electron chi connectivity index (χ3n) is 4.38. The van der Waals surface area contributed by atoms with Gasteiger partial charge in [-0.1, -0.05) is 60.3 Å². The molecule has 1 aliphatic heterocycles. The van der Waals surface area contributed by atoms with Crippen molar-refractivity contribution in [3.8, 4) is 0 Å². The summed E-state index contributed by atoms with van der Waals surface area (Å²) < 4.78 is 0. The molecule has 0 spiro atoms. The Hall–Kier alpha value is -0.570. The number of hydrogen-bond acceptors (Lipinski definition) is 2. The van der Waals surface area contributed by atoms with Crippen molar-refractivity contribution in [2.75, 3.05) is 6.54 Å². The second-order valence-corrected chi connectivity index (χ2v) is 7.40. The SMILES string of the molecule is CCC1NC(CC(C)C)C(=O)N1CCCCCCC(C)C. The lowest BCUT2D eigenvalue weighted by atomic mass is 10.0. The van der Waals surface area contributed by atoms with E-state index >= 15 is 0 Å². The van der Waals surface area contributed by atoms with E-state index in [1.807, 2.05) is 0 Å². The number of amides is 1.